The van der Waals surface area contributed by atoms with Crippen LogP contribution < -0.4 is 0 Å². The van der Waals surface area contributed by atoms with Crippen LogP contribution in [0, 0.1) is 0 Å². The average molecular weight is 312 g/mol. The molecule has 1 N–H and O–H groups in total. The summed E-state index contributed by atoms with van der Waals surface area (Å²) in [5.41, 5.74) is -0.491. The number of rotatable bonds is 3. The third kappa shape index (κ3) is 2.22. The van der Waals surface area contributed by atoms with E-state index >= 15 is 0 Å². The zero-order valence-corrected chi connectivity index (χ0v) is 12.0. The molecule has 1 atom stereocenters. The normalized spacial score (nSPS) is 29.2. The SMILES string of the molecule is C[Se]C(C)([Se]C)C1(O)C=CCCC1. The molecule has 0 spiro atoms. The fourth-order valence-corrected chi connectivity index (χ4v) is 6.03. The van der Waals surface area contributed by atoms with Crippen LogP contribution in [0.15, 0.2) is 12.2 Å². The first-order valence-electron chi connectivity index (χ1n) is 4.58. The van der Waals surface area contributed by atoms with E-state index in [0.29, 0.717) is 29.9 Å². The summed E-state index contributed by atoms with van der Waals surface area (Å²) >= 11 is 1.05. The van der Waals surface area contributed by atoms with E-state index < -0.39 is 5.60 Å². The van der Waals surface area contributed by atoms with Gasteiger partial charge in [-0.05, 0) is 0 Å². The standard InChI is InChI=1S/C10H18OSe2/c1-9(12-2,13-3)10(11)7-5-4-6-8-10/h5,7,11H,4,6,8H2,1-3H3. The summed E-state index contributed by atoms with van der Waals surface area (Å²) in [6.45, 7) is 2.25. The van der Waals surface area contributed by atoms with Crippen molar-refractivity contribution in [1.82, 2.24) is 0 Å². The van der Waals surface area contributed by atoms with Crippen molar-refractivity contribution >= 4 is 29.9 Å². The molecule has 0 saturated heterocycles. The van der Waals surface area contributed by atoms with Crippen LogP contribution in [0.1, 0.15) is 26.2 Å². The van der Waals surface area contributed by atoms with Gasteiger partial charge in [0.15, 0.2) is 0 Å². The second kappa shape index (κ2) is 4.51. The molecule has 0 saturated carbocycles. The summed E-state index contributed by atoms with van der Waals surface area (Å²) in [5.74, 6) is 4.50. The van der Waals surface area contributed by atoms with Gasteiger partial charge in [0.1, 0.15) is 0 Å². The van der Waals surface area contributed by atoms with Gasteiger partial charge in [0, 0.05) is 0 Å². The van der Waals surface area contributed by atoms with Crippen LogP contribution in [-0.2, 0) is 0 Å². The first-order valence-corrected chi connectivity index (χ1v) is 9.72. The molecule has 0 aromatic rings. The Hall–Kier alpha value is 0.739. The first-order chi connectivity index (χ1) is 6.08. The number of allylic oxidation sites excluding steroid dienone is 1. The van der Waals surface area contributed by atoms with Crippen molar-refractivity contribution in [2.24, 2.45) is 0 Å². The molecular weight excluding hydrogens is 294 g/mol. The third-order valence-electron chi connectivity index (χ3n) is 2.89. The van der Waals surface area contributed by atoms with E-state index in [1.165, 1.54) is 0 Å². The molecule has 76 valence electrons. The molecule has 0 heterocycles. The molecule has 1 aliphatic carbocycles. The van der Waals surface area contributed by atoms with Crippen LogP contribution in [0.4, 0.5) is 0 Å². The molecule has 0 aromatic carbocycles. The van der Waals surface area contributed by atoms with E-state index in [1.54, 1.807) is 0 Å². The third-order valence-corrected chi connectivity index (χ3v) is 11.3. The summed E-state index contributed by atoms with van der Waals surface area (Å²) in [5, 5.41) is 10.5. The summed E-state index contributed by atoms with van der Waals surface area (Å²) < 4.78 is 0.184. The van der Waals surface area contributed by atoms with Gasteiger partial charge >= 0.3 is 93.8 Å². The second-order valence-corrected chi connectivity index (χ2v) is 10.0. The van der Waals surface area contributed by atoms with Crippen LogP contribution in [0.25, 0.3) is 0 Å². The molecule has 0 radical (unpaired) electrons. The van der Waals surface area contributed by atoms with Crippen LogP contribution in [-0.4, -0.2) is 40.6 Å². The Morgan fingerprint density at radius 3 is 2.38 bits per heavy atom. The molecule has 0 bridgehead atoms. The predicted molar refractivity (Wildman–Crippen MR) is 59.5 cm³/mol. The maximum absolute atomic E-state index is 10.5. The van der Waals surface area contributed by atoms with Gasteiger partial charge in [-0.1, -0.05) is 0 Å². The van der Waals surface area contributed by atoms with Crippen LogP contribution in [0.2, 0.25) is 14.9 Å². The molecule has 3 heteroatoms. The molecule has 0 amide bonds. The van der Waals surface area contributed by atoms with Gasteiger partial charge in [-0.15, -0.1) is 0 Å². The zero-order valence-electron chi connectivity index (χ0n) is 8.54. The Balaban J connectivity index is 2.87. The van der Waals surface area contributed by atoms with Crippen molar-refractivity contribution in [3.05, 3.63) is 12.2 Å². The van der Waals surface area contributed by atoms with Crippen molar-refractivity contribution in [3.8, 4) is 0 Å². The maximum atomic E-state index is 10.5. The number of hydrogen-bond donors (Lipinski definition) is 1. The minimum atomic E-state index is -0.491. The molecule has 0 fully saturated rings. The summed E-state index contributed by atoms with van der Waals surface area (Å²) in [6, 6.07) is 0. The van der Waals surface area contributed by atoms with Crippen molar-refractivity contribution < 1.29 is 5.11 Å². The van der Waals surface area contributed by atoms with Gasteiger partial charge in [-0.25, -0.2) is 0 Å². The molecule has 1 unspecified atom stereocenters. The molecule has 13 heavy (non-hydrogen) atoms. The van der Waals surface area contributed by atoms with Crippen molar-refractivity contribution in [1.29, 1.82) is 0 Å². The summed E-state index contributed by atoms with van der Waals surface area (Å²) in [4.78, 5) is 0. The van der Waals surface area contributed by atoms with Crippen LogP contribution >= 0.6 is 0 Å². The Bertz CT molecular complexity index is 199. The van der Waals surface area contributed by atoms with E-state index in [4.69, 9.17) is 0 Å². The summed E-state index contributed by atoms with van der Waals surface area (Å²) in [7, 11) is 0. The zero-order chi connectivity index (χ0) is 9.95. The van der Waals surface area contributed by atoms with E-state index in [0.717, 1.165) is 19.3 Å². The van der Waals surface area contributed by atoms with Gasteiger partial charge < -0.3 is 0 Å². The van der Waals surface area contributed by atoms with Crippen molar-refractivity contribution in [2.45, 2.75) is 46.6 Å². The minimum absolute atomic E-state index is 0.184. The molecule has 0 aromatic heterocycles. The Labute approximate surface area is 93.7 Å². The van der Waals surface area contributed by atoms with E-state index in [2.05, 4.69) is 30.7 Å². The van der Waals surface area contributed by atoms with Gasteiger partial charge in [0.05, 0.1) is 0 Å². The van der Waals surface area contributed by atoms with E-state index in [-0.39, 0.29) is 3.21 Å². The molecule has 1 rings (SSSR count). The van der Waals surface area contributed by atoms with E-state index in [1.807, 2.05) is 0 Å². The Kier molecular flexibility index (Phi) is 4.09. The van der Waals surface area contributed by atoms with Crippen molar-refractivity contribution in [3.63, 3.8) is 0 Å². The fraction of sp³-hybridized carbons (Fsp3) is 0.800. The molecular formula is C10H18OSe2. The predicted octanol–water partition coefficient (Wildman–Crippen LogP) is 2.10. The van der Waals surface area contributed by atoms with E-state index in [9.17, 15) is 5.11 Å². The molecule has 1 nitrogen and oxygen atoms in total. The van der Waals surface area contributed by atoms with Gasteiger partial charge in [-0.3, -0.25) is 0 Å². The van der Waals surface area contributed by atoms with Gasteiger partial charge in [0.2, 0.25) is 0 Å². The second-order valence-electron chi connectivity index (χ2n) is 3.57. The van der Waals surface area contributed by atoms with Crippen molar-refractivity contribution in [2.75, 3.05) is 0 Å². The monoisotopic (exact) mass is 314 g/mol. The molecule has 1 aliphatic rings. The quantitative estimate of drug-likeness (QED) is 0.625. The van der Waals surface area contributed by atoms with Gasteiger partial charge in [0.25, 0.3) is 0 Å². The fourth-order valence-electron chi connectivity index (χ4n) is 1.67. The summed E-state index contributed by atoms with van der Waals surface area (Å²) in [6.07, 6.45) is 7.47. The van der Waals surface area contributed by atoms with Crippen LogP contribution in [0.5, 0.6) is 0 Å². The van der Waals surface area contributed by atoms with Gasteiger partial charge in [-0.2, -0.15) is 0 Å². The Morgan fingerprint density at radius 1 is 1.38 bits per heavy atom. The topological polar surface area (TPSA) is 20.2 Å². The number of aliphatic hydroxyl groups is 1. The number of hydrogen-bond acceptors (Lipinski definition) is 1. The van der Waals surface area contributed by atoms with Crippen LogP contribution in [0.3, 0.4) is 0 Å². The average Bonchev–Trinajstić information content (AvgIpc) is 2.17. The molecule has 0 aliphatic heterocycles. The first kappa shape index (κ1) is 11.8. The Morgan fingerprint density at radius 2 is 2.00 bits per heavy atom.